The number of carbonyl (C=O) groups is 1. The second-order valence-corrected chi connectivity index (χ2v) is 6.73. The van der Waals surface area contributed by atoms with Crippen molar-refractivity contribution in [1.29, 1.82) is 0 Å². The normalized spacial score (nSPS) is 12.2. The fraction of sp³-hybridized carbons (Fsp3) is 0.476. The molecule has 2 aromatic rings. The van der Waals surface area contributed by atoms with Crippen molar-refractivity contribution in [2.75, 3.05) is 13.2 Å². The van der Waals surface area contributed by atoms with E-state index in [9.17, 15) is 4.79 Å². The Kier molecular flexibility index (Phi) is 7.73. The van der Waals surface area contributed by atoms with Crippen LogP contribution in [0.5, 0.6) is 5.75 Å². The van der Waals surface area contributed by atoms with E-state index >= 15 is 0 Å². The molecule has 142 valence electrons. The molecule has 2 rings (SSSR count). The Balaban J connectivity index is 1.71. The lowest BCUT2D eigenvalue weighted by atomic mass is 10.0. The lowest BCUT2D eigenvalue weighted by molar-refractivity contribution is -0.127. The van der Waals surface area contributed by atoms with Crippen LogP contribution >= 0.6 is 0 Å². The van der Waals surface area contributed by atoms with Gasteiger partial charge in [0, 0.05) is 13.2 Å². The van der Waals surface area contributed by atoms with Crippen molar-refractivity contribution in [2.45, 2.75) is 52.7 Å². The molecule has 0 aliphatic rings. The minimum Gasteiger partial charge on any atom is -0.481 e. The molecular formula is C21H29NO4. The zero-order valence-corrected chi connectivity index (χ0v) is 16.1. The first-order valence-electron chi connectivity index (χ1n) is 9.12. The number of benzene rings is 1. The molecule has 0 radical (unpaired) electrons. The number of hydrogen-bond donors (Lipinski definition) is 1. The van der Waals surface area contributed by atoms with E-state index in [1.54, 1.807) is 13.2 Å². The summed E-state index contributed by atoms with van der Waals surface area (Å²) in [4.78, 5) is 12.2. The topological polar surface area (TPSA) is 60.7 Å². The summed E-state index contributed by atoms with van der Waals surface area (Å²) in [6.45, 7) is 9.59. The summed E-state index contributed by atoms with van der Waals surface area (Å²) in [5.74, 6) is 1.80. The summed E-state index contributed by atoms with van der Waals surface area (Å²) < 4.78 is 16.6. The molecule has 1 unspecified atom stereocenters. The predicted octanol–water partition coefficient (Wildman–Crippen LogP) is 4.20. The van der Waals surface area contributed by atoms with Crippen molar-refractivity contribution in [3.63, 3.8) is 0 Å². The van der Waals surface area contributed by atoms with Gasteiger partial charge in [-0.05, 0) is 55.5 Å². The molecule has 0 saturated carbocycles. The average Bonchev–Trinajstić information content (AvgIpc) is 3.10. The minimum atomic E-state index is -0.543. The lowest BCUT2D eigenvalue weighted by Crippen LogP contribution is -2.37. The number of nitrogens with one attached hydrogen (secondary N) is 1. The molecule has 1 atom stereocenters. The fourth-order valence-electron chi connectivity index (χ4n) is 2.56. The SMILES string of the molecule is Cc1ccc(C(C)C)c(OC(C)C(=O)NCCCOCc2ccco2)c1. The molecule has 0 fully saturated rings. The molecule has 26 heavy (non-hydrogen) atoms. The van der Waals surface area contributed by atoms with E-state index in [0.29, 0.717) is 25.7 Å². The second kappa shape index (κ2) is 10.0. The van der Waals surface area contributed by atoms with Crippen LogP contribution < -0.4 is 10.1 Å². The molecule has 1 amide bonds. The van der Waals surface area contributed by atoms with Crippen molar-refractivity contribution in [3.05, 3.63) is 53.5 Å². The van der Waals surface area contributed by atoms with Gasteiger partial charge in [-0.3, -0.25) is 4.79 Å². The van der Waals surface area contributed by atoms with Gasteiger partial charge in [0.05, 0.1) is 6.26 Å². The number of aryl methyl sites for hydroxylation is 1. The molecule has 0 saturated heterocycles. The van der Waals surface area contributed by atoms with E-state index in [1.807, 2.05) is 25.1 Å². The molecule has 0 spiro atoms. The lowest BCUT2D eigenvalue weighted by Gasteiger charge is -2.19. The molecule has 0 aliphatic heterocycles. The number of carbonyl (C=O) groups excluding carboxylic acids is 1. The third kappa shape index (κ3) is 6.23. The maximum Gasteiger partial charge on any atom is 0.260 e. The fourth-order valence-corrected chi connectivity index (χ4v) is 2.56. The standard InChI is InChI=1S/C21H29NO4/c1-15(2)19-9-8-16(3)13-20(19)26-17(4)21(23)22-10-6-11-24-14-18-7-5-12-25-18/h5,7-9,12-13,15,17H,6,10-11,14H2,1-4H3,(H,22,23). The first-order valence-corrected chi connectivity index (χ1v) is 9.12. The van der Waals surface area contributed by atoms with Crippen LogP contribution in [0.1, 0.15) is 50.0 Å². The number of furan rings is 1. The van der Waals surface area contributed by atoms with Crippen LogP contribution in [0.25, 0.3) is 0 Å². The van der Waals surface area contributed by atoms with Gasteiger partial charge in [0.1, 0.15) is 18.1 Å². The minimum absolute atomic E-state index is 0.118. The van der Waals surface area contributed by atoms with E-state index in [-0.39, 0.29) is 5.91 Å². The van der Waals surface area contributed by atoms with E-state index in [4.69, 9.17) is 13.9 Å². The molecule has 0 aliphatic carbocycles. The molecule has 1 heterocycles. The third-order valence-corrected chi connectivity index (χ3v) is 4.05. The zero-order valence-electron chi connectivity index (χ0n) is 16.1. The van der Waals surface area contributed by atoms with Crippen molar-refractivity contribution in [1.82, 2.24) is 5.32 Å². The molecule has 0 bridgehead atoms. The molecule has 1 aromatic carbocycles. The van der Waals surface area contributed by atoms with Gasteiger partial charge in [-0.2, -0.15) is 0 Å². The van der Waals surface area contributed by atoms with Crippen LogP contribution in [0, 0.1) is 6.92 Å². The maximum absolute atomic E-state index is 12.2. The molecular weight excluding hydrogens is 330 g/mol. The van der Waals surface area contributed by atoms with Gasteiger partial charge >= 0.3 is 0 Å². The van der Waals surface area contributed by atoms with Gasteiger partial charge in [-0.25, -0.2) is 0 Å². The van der Waals surface area contributed by atoms with Crippen LogP contribution in [0.15, 0.2) is 41.0 Å². The molecule has 5 nitrogen and oxygen atoms in total. The summed E-state index contributed by atoms with van der Waals surface area (Å²) in [7, 11) is 0. The summed E-state index contributed by atoms with van der Waals surface area (Å²) in [6, 6.07) is 9.82. The van der Waals surface area contributed by atoms with E-state index in [0.717, 1.165) is 29.1 Å². The summed E-state index contributed by atoms with van der Waals surface area (Å²) in [6.07, 6.45) is 1.82. The molecule has 1 N–H and O–H groups in total. The average molecular weight is 359 g/mol. The smallest absolute Gasteiger partial charge is 0.260 e. The summed E-state index contributed by atoms with van der Waals surface area (Å²) >= 11 is 0. The van der Waals surface area contributed by atoms with Crippen molar-refractivity contribution in [3.8, 4) is 5.75 Å². The first-order chi connectivity index (χ1) is 12.5. The monoisotopic (exact) mass is 359 g/mol. The zero-order chi connectivity index (χ0) is 18.9. The van der Waals surface area contributed by atoms with Gasteiger partial charge in [0.25, 0.3) is 5.91 Å². The second-order valence-electron chi connectivity index (χ2n) is 6.73. The highest BCUT2D eigenvalue weighted by Crippen LogP contribution is 2.28. The van der Waals surface area contributed by atoms with E-state index in [1.165, 1.54) is 0 Å². The summed E-state index contributed by atoms with van der Waals surface area (Å²) in [5.41, 5.74) is 2.23. The van der Waals surface area contributed by atoms with Crippen molar-refractivity contribution >= 4 is 5.91 Å². The Labute approximate surface area is 155 Å². The Hall–Kier alpha value is -2.27. The summed E-state index contributed by atoms with van der Waals surface area (Å²) in [5, 5.41) is 2.89. The van der Waals surface area contributed by atoms with Crippen LogP contribution in [-0.4, -0.2) is 25.2 Å². The van der Waals surface area contributed by atoms with Gasteiger partial charge in [0.2, 0.25) is 0 Å². The Morgan fingerprint density at radius 2 is 2.04 bits per heavy atom. The van der Waals surface area contributed by atoms with Crippen LogP contribution in [0.2, 0.25) is 0 Å². The van der Waals surface area contributed by atoms with Gasteiger partial charge in [0.15, 0.2) is 6.10 Å². The van der Waals surface area contributed by atoms with Crippen molar-refractivity contribution in [2.24, 2.45) is 0 Å². The van der Waals surface area contributed by atoms with Crippen LogP contribution in [-0.2, 0) is 16.1 Å². The highest BCUT2D eigenvalue weighted by atomic mass is 16.5. The Morgan fingerprint density at radius 3 is 2.73 bits per heavy atom. The Bertz CT molecular complexity index is 679. The number of amides is 1. The number of rotatable bonds is 10. The highest BCUT2D eigenvalue weighted by Gasteiger charge is 2.17. The quantitative estimate of drug-likeness (QED) is 0.646. The number of ether oxygens (including phenoxy) is 2. The van der Waals surface area contributed by atoms with Crippen LogP contribution in [0.3, 0.4) is 0 Å². The van der Waals surface area contributed by atoms with Gasteiger partial charge in [-0.15, -0.1) is 0 Å². The van der Waals surface area contributed by atoms with Crippen LogP contribution in [0.4, 0.5) is 0 Å². The van der Waals surface area contributed by atoms with E-state index in [2.05, 4.69) is 31.3 Å². The highest BCUT2D eigenvalue weighted by molar-refractivity contribution is 5.80. The number of hydrogen-bond acceptors (Lipinski definition) is 4. The molecule has 1 aromatic heterocycles. The third-order valence-electron chi connectivity index (χ3n) is 4.05. The van der Waals surface area contributed by atoms with E-state index < -0.39 is 6.10 Å². The first kappa shape index (κ1) is 20.0. The molecule has 5 heteroatoms. The predicted molar refractivity (Wildman–Crippen MR) is 101 cm³/mol. The Morgan fingerprint density at radius 1 is 1.23 bits per heavy atom. The largest absolute Gasteiger partial charge is 0.481 e. The van der Waals surface area contributed by atoms with Crippen molar-refractivity contribution < 1.29 is 18.7 Å². The van der Waals surface area contributed by atoms with Gasteiger partial charge in [-0.1, -0.05) is 26.0 Å². The van der Waals surface area contributed by atoms with Gasteiger partial charge < -0.3 is 19.2 Å². The maximum atomic E-state index is 12.2.